The third-order valence-corrected chi connectivity index (χ3v) is 4.11. The van der Waals surface area contributed by atoms with Crippen molar-refractivity contribution in [3.63, 3.8) is 0 Å². The molecule has 2 aliphatic rings. The first-order valence-electron chi connectivity index (χ1n) is 6.66. The molecule has 0 radical (unpaired) electrons. The number of hydrogen-bond donors (Lipinski definition) is 3. The van der Waals surface area contributed by atoms with Crippen LogP contribution in [0, 0.1) is 5.41 Å². The fourth-order valence-corrected chi connectivity index (χ4v) is 3.09. The summed E-state index contributed by atoms with van der Waals surface area (Å²) >= 11 is 0. The maximum Gasteiger partial charge on any atom is 0.265 e. The summed E-state index contributed by atoms with van der Waals surface area (Å²) in [6.45, 7) is 3.00. The number of aliphatic hydroxyl groups excluding tert-OH is 2. The zero-order chi connectivity index (χ0) is 16.0. The van der Waals surface area contributed by atoms with Crippen LogP contribution in [0.25, 0.3) is 0 Å². The number of rotatable bonds is 2. The van der Waals surface area contributed by atoms with Gasteiger partial charge < -0.3 is 15.3 Å². The van der Waals surface area contributed by atoms with Crippen molar-refractivity contribution in [2.24, 2.45) is 5.41 Å². The van der Waals surface area contributed by atoms with Gasteiger partial charge in [-0.05, 0) is 25.0 Å². The van der Waals surface area contributed by atoms with Gasteiger partial charge in [-0.1, -0.05) is 19.1 Å². The number of carbonyl (C=O) groups excluding carboxylic acids is 2. The number of hydrogen-bond acceptors (Lipinski definition) is 6. The number of amides is 1. The number of nitrogens with zero attached hydrogens (tertiary/aromatic N) is 1. The molecule has 1 saturated heterocycles. The van der Waals surface area contributed by atoms with Crippen LogP contribution < -0.4 is 0 Å². The Labute approximate surface area is 122 Å². The number of aliphatic hydroxyl groups is 3. The monoisotopic (exact) mass is 297 g/mol. The van der Waals surface area contributed by atoms with Crippen LogP contribution in [0.1, 0.15) is 20.3 Å². The Hall–Kier alpha value is -1.54. The second kappa shape index (κ2) is 5.03. The largest absolute Gasteiger partial charge is 0.386 e. The average molecular weight is 297 g/mol. The molecular weight excluding hydrogens is 278 g/mol. The van der Waals surface area contributed by atoms with Gasteiger partial charge >= 0.3 is 0 Å². The van der Waals surface area contributed by atoms with Crippen LogP contribution in [-0.2, 0) is 14.4 Å². The molecule has 0 saturated carbocycles. The molecule has 1 amide bonds. The first-order valence-corrected chi connectivity index (χ1v) is 6.66. The van der Waals surface area contributed by atoms with Gasteiger partial charge in [0.05, 0.1) is 7.11 Å². The number of hydroxylamine groups is 2. The van der Waals surface area contributed by atoms with Gasteiger partial charge in [0.15, 0.2) is 11.5 Å². The molecule has 4 atom stereocenters. The van der Waals surface area contributed by atoms with E-state index >= 15 is 0 Å². The smallest absolute Gasteiger partial charge is 0.265 e. The highest BCUT2D eigenvalue weighted by Gasteiger charge is 2.71. The van der Waals surface area contributed by atoms with Crippen molar-refractivity contribution < 1.29 is 29.7 Å². The summed E-state index contributed by atoms with van der Waals surface area (Å²) in [6.07, 6.45) is 1.19. The normalized spacial score (nSPS) is 41.6. The Morgan fingerprint density at radius 1 is 1.38 bits per heavy atom. The third-order valence-electron chi connectivity index (χ3n) is 4.11. The molecule has 116 valence electrons. The van der Waals surface area contributed by atoms with Crippen molar-refractivity contribution in [2.45, 2.75) is 38.2 Å². The van der Waals surface area contributed by atoms with Crippen LogP contribution in [0.3, 0.4) is 0 Å². The van der Waals surface area contributed by atoms with E-state index in [1.165, 1.54) is 13.0 Å². The van der Waals surface area contributed by atoms with Gasteiger partial charge in [-0.3, -0.25) is 14.4 Å². The number of ketones is 1. The molecule has 0 bridgehead atoms. The molecule has 7 nitrogen and oxygen atoms in total. The fourth-order valence-electron chi connectivity index (χ4n) is 3.09. The van der Waals surface area contributed by atoms with Crippen molar-refractivity contribution in [3.05, 3.63) is 23.8 Å². The number of carbonyl (C=O) groups is 2. The van der Waals surface area contributed by atoms with E-state index in [0.717, 1.165) is 13.2 Å². The summed E-state index contributed by atoms with van der Waals surface area (Å²) in [5, 5.41) is 31.8. The summed E-state index contributed by atoms with van der Waals surface area (Å²) in [4.78, 5) is 29.4. The van der Waals surface area contributed by atoms with Crippen LogP contribution in [0.2, 0.25) is 0 Å². The minimum Gasteiger partial charge on any atom is -0.386 e. The van der Waals surface area contributed by atoms with Gasteiger partial charge in [0.2, 0.25) is 0 Å². The lowest BCUT2D eigenvalue weighted by atomic mass is 9.66. The Morgan fingerprint density at radius 2 is 2.00 bits per heavy atom. The Balaban J connectivity index is 2.72. The highest BCUT2D eigenvalue weighted by atomic mass is 16.7. The predicted octanol–water partition coefficient (Wildman–Crippen LogP) is -0.718. The average Bonchev–Trinajstić information content (AvgIpc) is 2.57. The summed E-state index contributed by atoms with van der Waals surface area (Å²) in [7, 11) is 1.16. The highest BCUT2D eigenvalue weighted by molar-refractivity contribution is 6.04. The van der Waals surface area contributed by atoms with Gasteiger partial charge in [-0.2, -0.15) is 5.06 Å². The topological polar surface area (TPSA) is 107 Å². The number of allylic oxidation sites excluding steroid dienone is 2. The third kappa shape index (κ3) is 1.82. The molecule has 1 aliphatic carbocycles. The van der Waals surface area contributed by atoms with Crippen LogP contribution in [-0.4, -0.2) is 57.1 Å². The molecule has 0 aromatic heterocycles. The molecule has 7 heteroatoms. The lowest BCUT2D eigenvalue weighted by molar-refractivity contribution is -0.262. The van der Waals surface area contributed by atoms with Crippen molar-refractivity contribution in [3.8, 4) is 0 Å². The zero-order valence-electron chi connectivity index (χ0n) is 12.1. The molecule has 1 aliphatic heterocycles. The lowest BCUT2D eigenvalue weighted by Gasteiger charge is -2.38. The second-order valence-corrected chi connectivity index (χ2v) is 5.35. The molecule has 2 rings (SSSR count). The van der Waals surface area contributed by atoms with E-state index in [4.69, 9.17) is 4.84 Å². The standard InChI is InChI=1S/C14H19NO6/c1-4-5-8-6-7-9(16)10(17)14(8)11(18)13(2,20)15(21-3)12(14)19/h5-7,10-11,17-18,20H,4H2,1-3H3/t10-,11-,13+,14+/m1/s1. The Bertz CT molecular complexity index is 538. The quantitative estimate of drug-likeness (QED) is 0.621. The van der Waals surface area contributed by atoms with Crippen LogP contribution in [0.4, 0.5) is 0 Å². The van der Waals surface area contributed by atoms with Crippen LogP contribution in [0.5, 0.6) is 0 Å². The first kappa shape index (κ1) is 15.8. The summed E-state index contributed by atoms with van der Waals surface area (Å²) in [5.41, 5.74) is -3.73. The van der Waals surface area contributed by atoms with Crippen molar-refractivity contribution in [1.29, 1.82) is 0 Å². The first-order chi connectivity index (χ1) is 9.76. The summed E-state index contributed by atoms with van der Waals surface area (Å²) in [6, 6.07) is 0. The Kier molecular flexibility index (Phi) is 3.79. The van der Waals surface area contributed by atoms with E-state index in [1.807, 2.05) is 6.92 Å². The molecule has 1 spiro atoms. The molecule has 0 aromatic carbocycles. The van der Waals surface area contributed by atoms with Gasteiger partial charge in [-0.15, -0.1) is 0 Å². The maximum atomic E-state index is 12.7. The minimum absolute atomic E-state index is 0.287. The van der Waals surface area contributed by atoms with Crippen molar-refractivity contribution in [1.82, 2.24) is 5.06 Å². The van der Waals surface area contributed by atoms with Crippen LogP contribution in [0.15, 0.2) is 23.8 Å². The summed E-state index contributed by atoms with van der Waals surface area (Å²) < 4.78 is 0. The van der Waals surface area contributed by atoms with Gasteiger partial charge in [0.1, 0.15) is 17.6 Å². The van der Waals surface area contributed by atoms with Crippen molar-refractivity contribution >= 4 is 11.7 Å². The minimum atomic E-state index is -2.06. The predicted molar refractivity (Wildman–Crippen MR) is 71.4 cm³/mol. The highest BCUT2D eigenvalue weighted by Crippen LogP contribution is 2.51. The lowest BCUT2D eigenvalue weighted by Crippen LogP contribution is -2.56. The van der Waals surface area contributed by atoms with Crippen LogP contribution >= 0.6 is 0 Å². The molecule has 3 N–H and O–H groups in total. The van der Waals surface area contributed by atoms with E-state index < -0.39 is 35.0 Å². The molecule has 1 fully saturated rings. The molecular formula is C14H19NO6. The fraction of sp³-hybridized carbons (Fsp3) is 0.571. The van der Waals surface area contributed by atoms with Gasteiger partial charge in [-0.25, -0.2) is 0 Å². The van der Waals surface area contributed by atoms with Gasteiger partial charge in [0.25, 0.3) is 5.91 Å². The van der Waals surface area contributed by atoms with Crippen molar-refractivity contribution in [2.75, 3.05) is 7.11 Å². The van der Waals surface area contributed by atoms with Gasteiger partial charge in [0, 0.05) is 0 Å². The SMILES string of the molecule is CCC=C1C=CC(=O)[C@@H](O)[C@@]12C(=O)N(OC)[C@@](C)(O)[C@H]2O. The molecule has 0 unspecified atom stereocenters. The van der Waals surface area contributed by atoms with E-state index in [-0.39, 0.29) is 5.57 Å². The van der Waals surface area contributed by atoms with E-state index in [2.05, 4.69) is 0 Å². The maximum absolute atomic E-state index is 12.7. The Morgan fingerprint density at radius 3 is 2.48 bits per heavy atom. The van der Waals surface area contributed by atoms with E-state index in [0.29, 0.717) is 11.5 Å². The zero-order valence-corrected chi connectivity index (χ0v) is 12.1. The molecule has 0 aromatic rings. The van der Waals surface area contributed by atoms with E-state index in [1.54, 1.807) is 6.08 Å². The summed E-state index contributed by atoms with van der Waals surface area (Å²) in [5.74, 6) is -1.56. The molecule has 1 heterocycles. The molecule has 21 heavy (non-hydrogen) atoms. The van der Waals surface area contributed by atoms with E-state index in [9.17, 15) is 24.9 Å². The second-order valence-electron chi connectivity index (χ2n) is 5.35.